The van der Waals surface area contributed by atoms with E-state index in [1.165, 1.54) is 16.2 Å². The number of carbonyl (C=O) groups excluding carboxylic acids is 4. The maximum absolute atomic E-state index is 15.0. The van der Waals surface area contributed by atoms with Gasteiger partial charge in [0.1, 0.15) is 40.7 Å². The summed E-state index contributed by atoms with van der Waals surface area (Å²) in [6.45, 7) is 5.87. The van der Waals surface area contributed by atoms with E-state index in [-0.39, 0.29) is 50.5 Å². The highest BCUT2D eigenvalue weighted by molar-refractivity contribution is 7.91. The summed E-state index contributed by atoms with van der Waals surface area (Å²) in [5.41, 5.74) is 0.948. The van der Waals surface area contributed by atoms with Crippen LogP contribution in [-0.4, -0.2) is 95.3 Å². The van der Waals surface area contributed by atoms with Crippen LogP contribution in [0.25, 0.3) is 22.3 Å². The highest BCUT2D eigenvalue weighted by Crippen LogP contribution is 2.47. The van der Waals surface area contributed by atoms with Crippen molar-refractivity contribution in [3.8, 4) is 22.9 Å². The van der Waals surface area contributed by atoms with Crippen molar-refractivity contribution >= 4 is 60.9 Å². The molecule has 1 saturated heterocycles. The monoisotopic (exact) mass is 924 g/mol. The Morgan fingerprint density at radius 1 is 1.03 bits per heavy atom. The number of hydrogen-bond donors (Lipinski definition) is 3. The van der Waals surface area contributed by atoms with Crippen molar-refractivity contribution in [2.45, 2.75) is 146 Å². The van der Waals surface area contributed by atoms with E-state index in [1.54, 1.807) is 13.2 Å². The quantitative estimate of drug-likeness (QED) is 0.156. The first-order valence-corrected chi connectivity index (χ1v) is 25.0. The molecule has 6 atom stereocenters. The van der Waals surface area contributed by atoms with Gasteiger partial charge in [-0.3, -0.25) is 23.9 Å². The molecule has 346 valence electrons. The SMILES string of the molecule is COc1ccc2c(O[C@@H]3C[C@H]4C(=O)N[C@]5(C(=O)NS(=O)(=O)C6CC6)C[C@H]5C=CCCCCC[C@H](CC(=O)C5CCCC(F)(F)C5)C(=O)N4C3)cc(-c3csc(NC(C)C)n3)nc2c1C. The van der Waals surface area contributed by atoms with Gasteiger partial charge in [0.2, 0.25) is 27.8 Å². The van der Waals surface area contributed by atoms with E-state index >= 15 is 0 Å². The highest BCUT2D eigenvalue weighted by atomic mass is 32.2. The standard InChI is InChI=1S/C46H58F2N6O8S2/c1-26(2)49-44-51-35(25-63-44)34-21-39(33-16-17-38(61-4)27(3)40(33)50-34)62-31-20-36-41(56)52-46(43(58)53-64(59,60)32-14-15-32)23-30(46)13-9-7-5-6-8-11-28(42(57)54(36)24-31)19-37(55)29-12-10-18-45(47,48)22-29/h9,13,16-17,21,25-26,28-32,36H,5-8,10-12,14-15,18-20,22-24H2,1-4H3,(H,49,51)(H,52,56)(H,53,58)/t28-,29?,30-,31-,36+,46-/m1/s1. The van der Waals surface area contributed by atoms with Gasteiger partial charge in [-0.15, -0.1) is 11.3 Å². The van der Waals surface area contributed by atoms with E-state index in [1.807, 2.05) is 50.4 Å². The van der Waals surface area contributed by atoms with Crippen LogP contribution in [0.15, 0.2) is 35.7 Å². The number of ketones is 1. The highest BCUT2D eigenvalue weighted by Gasteiger charge is 2.62. The van der Waals surface area contributed by atoms with Crippen LogP contribution in [0, 0.1) is 24.7 Å². The average molecular weight is 925 g/mol. The van der Waals surface area contributed by atoms with E-state index in [4.69, 9.17) is 19.4 Å². The number of Topliss-reactive ketones (excluding diaryl/α,β-unsaturated/α-hetero) is 1. The van der Waals surface area contributed by atoms with Crippen LogP contribution >= 0.6 is 11.3 Å². The predicted octanol–water partition coefficient (Wildman–Crippen LogP) is 7.25. The molecule has 2 aliphatic heterocycles. The molecule has 8 rings (SSSR count). The summed E-state index contributed by atoms with van der Waals surface area (Å²) in [6.07, 6.45) is 6.62. The zero-order chi connectivity index (χ0) is 45.6. The number of benzene rings is 1. The summed E-state index contributed by atoms with van der Waals surface area (Å²) < 4.78 is 69.7. The van der Waals surface area contributed by atoms with Gasteiger partial charge in [-0.2, -0.15) is 0 Å². The largest absolute Gasteiger partial charge is 0.496 e. The number of allylic oxidation sites excluding steroid dienone is 1. The van der Waals surface area contributed by atoms with Crippen molar-refractivity contribution in [1.29, 1.82) is 0 Å². The third-order valence-electron chi connectivity index (χ3n) is 13.3. The van der Waals surface area contributed by atoms with Gasteiger partial charge in [-0.25, -0.2) is 27.2 Å². The maximum Gasteiger partial charge on any atom is 0.259 e. The first-order valence-electron chi connectivity index (χ1n) is 22.6. The molecule has 0 radical (unpaired) electrons. The summed E-state index contributed by atoms with van der Waals surface area (Å²) in [5.74, 6) is -6.45. The van der Waals surface area contributed by atoms with E-state index in [0.717, 1.165) is 23.5 Å². The molecule has 3 aromatic rings. The van der Waals surface area contributed by atoms with Crippen LogP contribution in [-0.2, 0) is 29.2 Å². The lowest BCUT2D eigenvalue weighted by Crippen LogP contribution is -2.57. The summed E-state index contributed by atoms with van der Waals surface area (Å²) in [5, 5.41) is 8.83. The normalized spacial score (nSPS) is 27.5. The van der Waals surface area contributed by atoms with Gasteiger partial charge < -0.3 is 25.0 Å². The summed E-state index contributed by atoms with van der Waals surface area (Å²) in [6, 6.07) is 4.41. The van der Waals surface area contributed by atoms with E-state index in [9.17, 15) is 36.4 Å². The zero-order valence-corrected chi connectivity index (χ0v) is 38.4. The van der Waals surface area contributed by atoms with Gasteiger partial charge in [0.25, 0.3) is 5.91 Å². The summed E-state index contributed by atoms with van der Waals surface area (Å²) in [7, 11) is -2.37. The Balaban J connectivity index is 1.14. The molecule has 1 aromatic carbocycles. The van der Waals surface area contributed by atoms with Crippen LogP contribution in [0.1, 0.15) is 109 Å². The number of sulfonamides is 1. The molecule has 1 unspecified atom stereocenters. The Morgan fingerprint density at radius 2 is 1.83 bits per heavy atom. The minimum Gasteiger partial charge on any atom is -0.496 e. The smallest absolute Gasteiger partial charge is 0.259 e. The number of anilines is 1. The lowest BCUT2D eigenvalue weighted by atomic mass is 9.80. The maximum atomic E-state index is 15.0. The fourth-order valence-electron chi connectivity index (χ4n) is 9.55. The number of aromatic nitrogens is 2. The van der Waals surface area contributed by atoms with Gasteiger partial charge in [-0.05, 0) is 84.3 Å². The number of carbonyl (C=O) groups is 4. The molecule has 2 aromatic heterocycles. The molecule has 4 fully saturated rings. The Bertz CT molecular complexity index is 2440. The Kier molecular flexibility index (Phi) is 13.1. The van der Waals surface area contributed by atoms with Gasteiger partial charge in [0, 0.05) is 71.9 Å². The zero-order valence-electron chi connectivity index (χ0n) is 36.8. The Hall–Kier alpha value is -4.71. The number of methoxy groups -OCH3 is 1. The van der Waals surface area contributed by atoms with Crippen molar-refractivity contribution in [3.05, 3.63) is 41.3 Å². The van der Waals surface area contributed by atoms with Crippen LogP contribution < -0.4 is 24.8 Å². The lowest BCUT2D eigenvalue weighted by Gasteiger charge is -2.31. The van der Waals surface area contributed by atoms with Gasteiger partial charge in [-0.1, -0.05) is 25.0 Å². The minimum atomic E-state index is -3.95. The Morgan fingerprint density at radius 3 is 2.56 bits per heavy atom. The number of amides is 3. The fourth-order valence-corrected chi connectivity index (χ4v) is 11.8. The number of nitrogens with zero attached hydrogens (tertiary/aromatic N) is 3. The average Bonchev–Trinajstić information content (AvgIpc) is 4.13. The summed E-state index contributed by atoms with van der Waals surface area (Å²) in [4.78, 5) is 68.6. The number of ether oxygens (including phenoxy) is 2. The number of pyridine rings is 1. The number of fused-ring (bicyclic) bond motifs is 3. The molecular formula is C46H58F2N6O8S2. The second kappa shape index (κ2) is 18.3. The van der Waals surface area contributed by atoms with Gasteiger partial charge >= 0.3 is 0 Å². The van der Waals surface area contributed by atoms with Crippen molar-refractivity contribution in [1.82, 2.24) is 24.9 Å². The van der Waals surface area contributed by atoms with Crippen molar-refractivity contribution < 1.29 is 45.9 Å². The molecule has 18 heteroatoms. The fraction of sp³-hybridized carbons (Fsp3) is 0.609. The third-order valence-corrected chi connectivity index (χ3v) is 15.9. The molecule has 0 spiro atoms. The molecule has 14 nitrogen and oxygen atoms in total. The molecule has 3 aliphatic carbocycles. The molecule has 0 bridgehead atoms. The van der Waals surface area contributed by atoms with Gasteiger partial charge in [0.05, 0.1) is 30.1 Å². The number of thiazole rings is 1. The minimum absolute atomic E-state index is 0.000884. The van der Waals surface area contributed by atoms with Crippen LogP contribution in [0.2, 0.25) is 0 Å². The number of nitrogens with one attached hydrogen (secondary N) is 3. The molecule has 3 saturated carbocycles. The summed E-state index contributed by atoms with van der Waals surface area (Å²) >= 11 is 1.44. The van der Waals surface area contributed by atoms with Crippen molar-refractivity contribution in [2.24, 2.45) is 17.8 Å². The topological polar surface area (TPSA) is 186 Å². The number of alkyl halides is 2. The molecule has 64 heavy (non-hydrogen) atoms. The number of rotatable bonds is 12. The second-order valence-electron chi connectivity index (χ2n) is 18.6. The van der Waals surface area contributed by atoms with Crippen LogP contribution in [0.5, 0.6) is 11.5 Å². The van der Waals surface area contributed by atoms with E-state index in [0.29, 0.717) is 72.3 Å². The molecular weight excluding hydrogens is 867 g/mol. The third kappa shape index (κ3) is 9.92. The van der Waals surface area contributed by atoms with E-state index in [2.05, 4.69) is 15.4 Å². The molecule has 4 heterocycles. The predicted molar refractivity (Wildman–Crippen MR) is 239 cm³/mol. The number of aryl methyl sites for hydroxylation is 1. The molecule has 3 amide bonds. The number of halogens is 2. The molecule has 5 aliphatic rings. The van der Waals surface area contributed by atoms with Crippen LogP contribution in [0.4, 0.5) is 13.9 Å². The molecule has 3 N–H and O–H groups in total. The Labute approximate surface area is 376 Å². The number of hydrogen-bond acceptors (Lipinski definition) is 12. The first-order chi connectivity index (χ1) is 30.5. The van der Waals surface area contributed by atoms with Gasteiger partial charge in [0.15, 0.2) is 5.13 Å². The van der Waals surface area contributed by atoms with Crippen molar-refractivity contribution in [2.75, 3.05) is 19.0 Å². The second-order valence-corrected chi connectivity index (χ2v) is 21.5. The first kappa shape index (κ1) is 45.8. The van der Waals surface area contributed by atoms with E-state index < -0.39 is 80.8 Å². The van der Waals surface area contributed by atoms with Crippen LogP contribution in [0.3, 0.4) is 0 Å². The van der Waals surface area contributed by atoms with Crippen molar-refractivity contribution in [3.63, 3.8) is 0 Å². The lowest BCUT2D eigenvalue weighted by molar-refractivity contribution is -0.145.